The predicted molar refractivity (Wildman–Crippen MR) is 202 cm³/mol. The van der Waals surface area contributed by atoms with Gasteiger partial charge in [0.15, 0.2) is 0 Å². The van der Waals surface area contributed by atoms with Crippen molar-refractivity contribution in [3.8, 4) is 17.0 Å². The molecule has 1 aromatic heterocycles. The largest absolute Gasteiger partial charge is 0.497 e. The lowest BCUT2D eigenvalue weighted by Gasteiger charge is -2.42. The fourth-order valence-corrected chi connectivity index (χ4v) is 9.87. The van der Waals surface area contributed by atoms with Crippen LogP contribution in [0.15, 0.2) is 36.4 Å². The molecule has 4 aliphatic rings. The van der Waals surface area contributed by atoms with Crippen molar-refractivity contribution >= 4 is 39.0 Å². The number of hydrogen-bond donors (Lipinski definition) is 1. The molecule has 3 fully saturated rings. The SMILES string of the molecule is COc1ccc2c(c1)C1CN(C(=O)N(C)C)CC1(C(=O)N1C[C@@H](C)O[C@@H](C)C1)Cn1c-2c(C2CCCCC2)c2ccc(C(=O)NS(=O)(=O)N(C)C)cc21. The number of ether oxygens (including phenoxy) is 2. The van der Waals surface area contributed by atoms with E-state index >= 15 is 4.79 Å². The molecule has 2 saturated heterocycles. The Morgan fingerprint density at radius 3 is 2.25 bits per heavy atom. The summed E-state index contributed by atoms with van der Waals surface area (Å²) in [6.45, 7) is 5.62. The maximum atomic E-state index is 15.5. The number of fused-ring (bicyclic) bond motifs is 7. The van der Waals surface area contributed by atoms with Crippen LogP contribution in [0.3, 0.4) is 0 Å². The molecule has 0 bridgehead atoms. The van der Waals surface area contributed by atoms with Crippen LogP contribution in [0.2, 0.25) is 0 Å². The maximum absolute atomic E-state index is 15.5. The summed E-state index contributed by atoms with van der Waals surface area (Å²) < 4.78 is 42.7. The number of rotatable bonds is 6. The van der Waals surface area contributed by atoms with Gasteiger partial charge in [-0.3, -0.25) is 9.59 Å². The molecule has 53 heavy (non-hydrogen) atoms. The second-order valence-electron chi connectivity index (χ2n) is 15.8. The first-order valence-electron chi connectivity index (χ1n) is 18.6. The molecular weight excluding hydrogens is 697 g/mol. The third-order valence-corrected chi connectivity index (χ3v) is 13.1. The van der Waals surface area contributed by atoms with Crippen molar-refractivity contribution in [2.24, 2.45) is 5.41 Å². The smallest absolute Gasteiger partial charge is 0.319 e. The lowest BCUT2D eigenvalue weighted by molar-refractivity contribution is -0.154. The number of morpholine rings is 1. The number of carbonyl (C=O) groups is 3. The van der Waals surface area contributed by atoms with Gasteiger partial charge in [0, 0.05) is 88.9 Å². The van der Waals surface area contributed by atoms with Gasteiger partial charge in [0.2, 0.25) is 5.91 Å². The number of methoxy groups -OCH3 is 1. The molecule has 2 unspecified atom stereocenters. The number of nitrogens with zero attached hydrogens (tertiary/aromatic N) is 5. The quantitative estimate of drug-likeness (QED) is 0.389. The van der Waals surface area contributed by atoms with Crippen LogP contribution >= 0.6 is 0 Å². The summed E-state index contributed by atoms with van der Waals surface area (Å²) in [7, 11) is 3.78. The summed E-state index contributed by atoms with van der Waals surface area (Å²) in [6.07, 6.45) is 5.11. The second kappa shape index (κ2) is 13.9. The summed E-state index contributed by atoms with van der Waals surface area (Å²) in [5, 5.41) is 0.981. The first-order chi connectivity index (χ1) is 25.1. The Balaban J connectivity index is 1.51. The highest BCUT2D eigenvalue weighted by atomic mass is 32.2. The van der Waals surface area contributed by atoms with Crippen LogP contribution in [0, 0.1) is 5.41 Å². The Morgan fingerprint density at radius 1 is 0.906 bits per heavy atom. The number of amides is 4. The molecule has 3 aliphatic heterocycles. The van der Waals surface area contributed by atoms with Crippen LogP contribution in [0.25, 0.3) is 22.2 Å². The van der Waals surface area contributed by atoms with E-state index in [2.05, 4.69) is 15.4 Å². The van der Waals surface area contributed by atoms with E-state index < -0.39 is 21.5 Å². The highest BCUT2D eigenvalue weighted by Crippen LogP contribution is 2.55. The molecule has 1 saturated carbocycles. The van der Waals surface area contributed by atoms with E-state index in [0.717, 1.165) is 57.7 Å². The van der Waals surface area contributed by atoms with Gasteiger partial charge in [-0.25, -0.2) is 9.52 Å². The first-order valence-corrected chi connectivity index (χ1v) is 20.1. The van der Waals surface area contributed by atoms with E-state index in [1.54, 1.807) is 43.1 Å². The van der Waals surface area contributed by atoms with Gasteiger partial charge >= 0.3 is 16.2 Å². The molecule has 4 amide bonds. The Labute approximate surface area is 312 Å². The lowest BCUT2D eigenvalue weighted by atomic mass is 9.72. The van der Waals surface area contributed by atoms with Crippen LogP contribution in [0.5, 0.6) is 5.75 Å². The minimum atomic E-state index is -4.04. The summed E-state index contributed by atoms with van der Waals surface area (Å²) in [5.74, 6) is -0.224. The third-order valence-electron chi connectivity index (χ3n) is 11.7. The fraction of sp³-hybridized carbons (Fsp3) is 0.564. The molecule has 2 aromatic carbocycles. The standard InChI is InChI=1S/C39H52N6O7S/c1-24-19-43(20-25(2)52-24)37(47)39-22-44(38(48)41(3)4)21-32(39)31-18-28(51-7)14-16-29(31)35-34(26-11-9-8-10-12-26)30-15-13-27(17-33(30)45(35)23-39)36(46)40-53(49,50)42(5)6/h13-18,24-26,32H,8-12,19-23H2,1-7H3,(H,40,46)/t24-,25+,32?,39?. The second-order valence-corrected chi connectivity index (χ2v) is 17.7. The van der Waals surface area contributed by atoms with Crippen molar-refractivity contribution in [1.29, 1.82) is 0 Å². The van der Waals surface area contributed by atoms with Crippen molar-refractivity contribution in [3.05, 3.63) is 53.1 Å². The van der Waals surface area contributed by atoms with Crippen molar-refractivity contribution in [3.63, 3.8) is 0 Å². The van der Waals surface area contributed by atoms with E-state index in [0.29, 0.717) is 25.4 Å². The summed E-state index contributed by atoms with van der Waals surface area (Å²) >= 11 is 0. The molecular formula is C39H52N6O7S. The van der Waals surface area contributed by atoms with Gasteiger partial charge in [0.05, 0.1) is 30.4 Å². The zero-order valence-electron chi connectivity index (χ0n) is 31.8. The zero-order chi connectivity index (χ0) is 38.0. The van der Waals surface area contributed by atoms with Crippen LogP contribution in [0.4, 0.5) is 4.79 Å². The Hall–Kier alpha value is -4.14. The third kappa shape index (κ3) is 6.46. The molecule has 1 aliphatic carbocycles. The van der Waals surface area contributed by atoms with Crippen LogP contribution in [0.1, 0.15) is 79.3 Å². The minimum Gasteiger partial charge on any atom is -0.497 e. The molecule has 1 N–H and O–H groups in total. The number of nitrogens with one attached hydrogen (secondary N) is 1. The average Bonchev–Trinajstić information content (AvgIpc) is 3.63. The predicted octanol–water partition coefficient (Wildman–Crippen LogP) is 4.62. The summed E-state index contributed by atoms with van der Waals surface area (Å²) in [6, 6.07) is 11.3. The van der Waals surface area contributed by atoms with Gasteiger partial charge in [-0.05, 0) is 74.1 Å². The van der Waals surface area contributed by atoms with E-state index in [4.69, 9.17) is 9.47 Å². The van der Waals surface area contributed by atoms with Crippen molar-refractivity contribution in [2.45, 2.75) is 76.5 Å². The van der Waals surface area contributed by atoms with Crippen molar-refractivity contribution < 1.29 is 32.3 Å². The van der Waals surface area contributed by atoms with Gasteiger partial charge in [0.25, 0.3) is 5.91 Å². The highest BCUT2D eigenvalue weighted by molar-refractivity contribution is 7.87. The lowest BCUT2D eigenvalue weighted by Crippen LogP contribution is -2.56. The summed E-state index contributed by atoms with van der Waals surface area (Å²) in [4.78, 5) is 48.1. The molecule has 4 atom stereocenters. The monoisotopic (exact) mass is 748 g/mol. The first kappa shape index (κ1) is 37.2. The molecule has 286 valence electrons. The van der Waals surface area contributed by atoms with Gasteiger partial charge in [0.1, 0.15) is 5.75 Å². The molecule has 4 heterocycles. The molecule has 13 nitrogen and oxygen atoms in total. The molecule has 7 rings (SSSR count). The van der Waals surface area contributed by atoms with E-state index in [1.165, 1.54) is 26.1 Å². The number of carbonyl (C=O) groups excluding carboxylic acids is 3. The molecule has 0 spiro atoms. The molecule has 3 aromatic rings. The van der Waals surface area contributed by atoms with Gasteiger partial charge in [-0.2, -0.15) is 12.7 Å². The van der Waals surface area contributed by atoms with Crippen LogP contribution in [-0.4, -0.2) is 124 Å². The van der Waals surface area contributed by atoms with Gasteiger partial charge in [-0.15, -0.1) is 0 Å². The maximum Gasteiger partial charge on any atom is 0.319 e. The number of hydrogen-bond acceptors (Lipinski definition) is 7. The molecule has 0 radical (unpaired) electrons. The van der Waals surface area contributed by atoms with Crippen molar-refractivity contribution in [1.82, 2.24) is 28.3 Å². The summed E-state index contributed by atoms with van der Waals surface area (Å²) in [5.41, 5.74) is 4.00. The topological polar surface area (TPSA) is 134 Å². The Kier molecular flexibility index (Phi) is 9.77. The van der Waals surface area contributed by atoms with Gasteiger partial charge < -0.3 is 28.7 Å². The number of likely N-dealkylation sites (tertiary alicyclic amines) is 1. The van der Waals surface area contributed by atoms with E-state index in [9.17, 15) is 18.0 Å². The minimum absolute atomic E-state index is 0.0350. The highest BCUT2D eigenvalue weighted by Gasteiger charge is 2.58. The number of aromatic nitrogens is 1. The normalized spacial score (nSPS) is 24.7. The molecule has 14 heteroatoms. The Morgan fingerprint density at radius 2 is 1.60 bits per heavy atom. The van der Waals surface area contributed by atoms with Crippen LogP contribution < -0.4 is 9.46 Å². The van der Waals surface area contributed by atoms with Crippen LogP contribution in [-0.2, 0) is 26.3 Å². The van der Waals surface area contributed by atoms with E-state index in [1.807, 2.05) is 36.9 Å². The average molecular weight is 749 g/mol. The fourth-order valence-electron chi connectivity index (χ4n) is 9.34. The number of urea groups is 1. The Bertz CT molecular complexity index is 2050. The number of benzene rings is 2. The van der Waals surface area contributed by atoms with E-state index in [-0.39, 0.29) is 54.6 Å². The van der Waals surface area contributed by atoms with Gasteiger partial charge in [-0.1, -0.05) is 25.3 Å². The van der Waals surface area contributed by atoms with Crippen molar-refractivity contribution in [2.75, 3.05) is 61.5 Å². The zero-order valence-corrected chi connectivity index (χ0v) is 32.7.